The molecule has 0 spiro atoms. The molecule has 1 fully saturated rings. The molecule has 1 unspecified atom stereocenters. The maximum atomic E-state index is 13.8. The van der Waals surface area contributed by atoms with Gasteiger partial charge in [0.1, 0.15) is 5.82 Å². The Bertz CT molecular complexity index is 530. The number of rotatable bonds is 3. The van der Waals surface area contributed by atoms with Gasteiger partial charge in [-0.15, -0.1) is 0 Å². The average Bonchev–Trinajstić information content (AvgIpc) is 2.46. The molecular weight excluding hydrogens is 265 g/mol. The van der Waals surface area contributed by atoms with Gasteiger partial charge >= 0.3 is 0 Å². The molecule has 0 aliphatic carbocycles. The minimum absolute atomic E-state index is 0.0193. The molecule has 1 aliphatic rings. The number of nitro groups is 1. The van der Waals surface area contributed by atoms with Crippen molar-refractivity contribution < 1.29 is 14.1 Å². The number of benzene rings is 1. The SMILES string of the molecule is CN(C(=O)c1ccc([N+](=O)[O-])cc1F)C1CCCNC1. The zero-order valence-corrected chi connectivity index (χ0v) is 11.1. The fraction of sp³-hybridized carbons (Fsp3) is 0.462. The Balaban J connectivity index is 2.17. The molecule has 1 amide bonds. The highest BCUT2D eigenvalue weighted by molar-refractivity contribution is 5.94. The Kier molecular flexibility index (Phi) is 4.29. The molecule has 0 saturated carbocycles. The Morgan fingerprint density at radius 2 is 2.30 bits per heavy atom. The van der Waals surface area contributed by atoms with Gasteiger partial charge in [-0.1, -0.05) is 0 Å². The van der Waals surface area contributed by atoms with Crippen molar-refractivity contribution in [3.05, 3.63) is 39.7 Å². The number of halogens is 1. The number of carbonyl (C=O) groups excluding carboxylic acids is 1. The lowest BCUT2D eigenvalue weighted by atomic mass is 10.0. The van der Waals surface area contributed by atoms with Crippen LogP contribution in [0.1, 0.15) is 23.2 Å². The van der Waals surface area contributed by atoms with Crippen LogP contribution in [0.4, 0.5) is 10.1 Å². The van der Waals surface area contributed by atoms with E-state index in [0.717, 1.165) is 31.5 Å². The number of nitrogens with zero attached hydrogens (tertiary/aromatic N) is 2. The summed E-state index contributed by atoms with van der Waals surface area (Å²) in [5.41, 5.74) is -0.496. The molecule has 1 atom stereocenters. The number of non-ortho nitro benzene ring substituents is 1. The molecule has 2 rings (SSSR count). The van der Waals surface area contributed by atoms with Crippen LogP contribution in [0, 0.1) is 15.9 Å². The number of nitrogens with one attached hydrogen (secondary N) is 1. The molecule has 1 N–H and O–H groups in total. The van der Waals surface area contributed by atoms with Crippen LogP contribution in [0.2, 0.25) is 0 Å². The molecule has 1 aromatic carbocycles. The van der Waals surface area contributed by atoms with E-state index in [2.05, 4.69) is 5.32 Å². The fourth-order valence-electron chi connectivity index (χ4n) is 2.31. The summed E-state index contributed by atoms with van der Waals surface area (Å²) in [7, 11) is 1.63. The van der Waals surface area contributed by atoms with E-state index in [9.17, 15) is 19.3 Å². The van der Waals surface area contributed by atoms with Crippen molar-refractivity contribution in [2.24, 2.45) is 0 Å². The second-order valence-electron chi connectivity index (χ2n) is 4.84. The van der Waals surface area contributed by atoms with Crippen LogP contribution in [-0.4, -0.2) is 41.9 Å². The largest absolute Gasteiger partial charge is 0.337 e. The van der Waals surface area contributed by atoms with E-state index >= 15 is 0 Å². The van der Waals surface area contributed by atoms with E-state index in [-0.39, 0.29) is 17.3 Å². The first kappa shape index (κ1) is 14.4. The fourth-order valence-corrected chi connectivity index (χ4v) is 2.31. The molecule has 6 nitrogen and oxygen atoms in total. The third kappa shape index (κ3) is 2.93. The molecule has 1 heterocycles. The van der Waals surface area contributed by atoms with E-state index in [1.165, 1.54) is 11.0 Å². The molecule has 0 aromatic heterocycles. The number of hydrogen-bond donors (Lipinski definition) is 1. The van der Waals surface area contributed by atoms with E-state index in [0.29, 0.717) is 6.54 Å². The summed E-state index contributed by atoms with van der Waals surface area (Å²) in [4.78, 5) is 23.6. The standard InChI is InChI=1S/C13H16FN3O3/c1-16(10-3-2-6-15-8-10)13(18)11-5-4-9(17(19)20)7-12(11)14/h4-5,7,10,15H,2-3,6,8H2,1H3. The first-order valence-electron chi connectivity index (χ1n) is 6.42. The van der Waals surface area contributed by atoms with Gasteiger partial charge < -0.3 is 10.2 Å². The molecule has 1 saturated heterocycles. The number of hydrogen-bond acceptors (Lipinski definition) is 4. The third-order valence-corrected chi connectivity index (χ3v) is 3.53. The van der Waals surface area contributed by atoms with Gasteiger partial charge in [-0.2, -0.15) is 0 Å². The van der Waals surface area contributed by atoms with Crippen molar-refractivity contribution in [3.63, 3.8) is 0 Å². The van der Waals surface area contributed by atoms with E-state index in [1.54, 1.807) is 7.05 Å². The molecule has 1 aliphatic heterocycles. The number of nitro benzene ring substituents is 1. The van der Waals surface area contributed by atoms with Crippen molar-refractivity contribution in [3.8, 4) is 0 Å². The van der Waals surface area contributed by atoms with Crippen molar-refractivity contribution >= 4 is 11.6 Å². The highest BCUT2D eigenvalue weighted by Crippen LogP contribution is 2.19. The second kappa shape index (κ2) is 5.96. The summed E-state index contributed by atoms with van der Waals surface area (Å²) in [6.45, 7) is 1.60. The molecule has 0 bridgehead atoms. The van der Waals surface area contributed by atoms with E-state index in [1.807, 2.05) is 0 Å². The smallest absolute Gasteiger partial charge is 0.272 e. The Hall–Kier alpha value is -2.02. The van der Waals surface area contributed by atoms with Gasteiger partial charge in [-0.05, 0) is 25.5 Å². The maximum Gasteiger partial charge on any atom is 0.272 e. The highest BCUT2D eigenvalue weighted by atomic mass is 19.1. The molecule has 20 heavy (non-hydrogen) atoms. The quantitative estimate of drug-likeness (QED) is 0.674. The zero-order chi connectivity index (χ0) is 14.7. The summed E-state index contributed by atoms with van der Waals surface area (Å²) in [5.74, 6) is -1.31. The lowest BCUT2D eigenvalue weighted by molar-refractivity contribution is -0.385. The summed E-state index contributed by atoms with van der Waals surface area (Å²) >= 11 is 0. The maximum absolute atomic E-state index is 13.8. The van der Waals surface area contributed by atoms with Crippen LogP contribution in [0.5, 0.6) is 0 Å². The Morgan fingerprint density at radius 3 is 2.85 bits per heavy atom. The molecule has 1 aromatic rings. The topological polar surface area (TPSA) is 75.5 Å². The van der Waals surface area contributed by atoms with Crippen LogP contribution in [-0.2, 0) is 0 Å². The Morgan fingerprint density at radius 1 is 1.55 bits per heavy atom. The normalized spacial score (nSPS) is 18.6. The summed E-state index contributed by atoms with van der Waals surface area (Å²) in [6, 6.07) is 3.11. The van der Waals surface area contributed by atoms with Gasteiger partial charge in [-0.25, -0.2) is 4.39 Å². The average molecular weight is 281 g/mol. The summed E-state index contributed by atoms with van der Waals surface area (Å²) in [6.07, 6.45) is 1.83. The number of piperidine rings is 1. The van der Waals surface area contributed by atoms with E-state index < -0.39 is 16.6 Å². The zero-order valence-electron chi connectivity index (χ0n) is 11.1. The van der Waals surface area contributed by atoms with Crippen LogP contribution >= 0.6 is 0 Å². The van der Waals surface area contributed by atoms with Gasteiger partial charge in [0, 0.05) is 25.7 Å². The molecule has 7 heteroatoms. The van der Waals surface area contributed by atoms with Gasteiger partial charge in [0.25, 0.3) is 11.6 Å². The summed E-state index contributed by atoms with van der Waals surface area (Å²) < 4.78 is 13.8. The first-order valence-corrected chi connectivity index (χ1v) is 6.42. The van der Waals surface area contributed by atoms with Crippen LogP contribution < -0.4 is 5.32 Å². The molecule has 0 radical (unpaired) electrons. The van der Waals surface area contributed by atoms with Crippen LogP contribution in [0.25, 0.3) is 0 Å². The van der Waals surface area contributed by atoms with Gasteiger partial charge in [0.05, 0.1) is 16.6 Å². The molecule has 108 valence electrons. The number of likely N-dealkylation sites (N-methyl/N-ethyl adjacent to an activating group) is 1. The lowest BCUT2D eigenvalue weighted by Gasteiger charge is -2.31. The van der Waals surface area contributed by atoms with E-state index in [4.69, 9.17) is 0 Å². The Labute approximate surface area is 115 Å². The number of carbonyl (C=O) groups is 1. The predicted octanol–water partition coefficient (Wildman–Crippen LogP) is 1.56. The predicted molar refractivity (Wildman–Crippen MR) is 71.0 cm³/mol. The minimum Gasteiger partial charge on any atom is -0.337 e. The second-order valence-corrected chi connectivity index (χ2v) is 4.84. The monoisotopic (exact) mass is 281 g/mol. The van der Waals surface area contributed by atoms with Gasteiger partial charge in [-0.3, -0.25) is 14.9 Å². The van der Waals surface area contributed by atoms with Crippen molar-refractivity contribution in [1.29, 1.82) is 0 Å². The van der Waals surface area contributed by atoms with Crippen molar-refractivity contribution in [2.75, 3.05) is 20.1 Å². The minimum atomic E-state index is -0.861. The van der Waals surface area contributed by atoms with Gasteiger partial charge in [0.2, 0.25) is 0 Å². The van der Waals surface area contributed by atoms with Crippen LogP contribution in [0.3, 0.4) is 0 Å². The van der Waals surface area contributed by atoms with Crippen LogP contribution in [0.15, 0.2) is 18.2 Å². The lowest BCUT2D eigenvalue weighted by Crippen LogP contribution is -2.46. The third-order valence-electron chi connectivity index (χ3n) is 3.53. The van der Waals surface area contributed by atoms with Crippen molar-refractivity contribution in [1.82, 2.24) is 10.2 Å². The molecular formula is C13H16FN3O3. The highest BCUT2D eigenvalue weighted by Gasteiger charge is 2.25. The van der Waals surface area contributed by atoms with Gasteiger partial charge in [0.15, 0.2) is 0 Å². The number of amides is 1. The van der Waals surface area contributed by atoms with Crippen molar-refractivity contribution in [2.45, 2.75) is 18.9 Å². The first-order chi connectivity index (χ1) is 9.50. The summed E-state index contributed by atoms with van der Waals surface area (Å²) in [5, 5.41) is 13.7.